The summed E-state index contributed by atoms with van der Waals surface area (Å²) in [7, 11) is 0. The van der Waals surface area contributed by atoms with Crippen LogP contribution in [0.3, 0.4) is 0 Å². The van der Waals surface area contributed by atoms with Crippen LogP contribution < -0.4 is 14.8 Å². The number of rotatable bonds is 6. The summed E-state index contributed by atoms with van der Waals surface area (Å²) in [5.74, 6) is 1.47. The minimum absolute atomic E-state index is 0.0368. The number of oxazole rings is 1. The first-order chi connectivity index (χ1) is 9.96. The molecule has 1 N–H and O–H groups in total. The lowest BCUT2D eigenvalue weighted by atomic mass is 10.1. The van der Waals surface area contributed by atoms with Crippen LogP contribution in [-0.2, 0) is 6.54 Å². The Morgan fingerprint density at radius 1 is 1.14 bits per heavy atom. The van der Waals surface area contributed by atoms with E-state index in [0.717, 1.165) is 11.4 Å². The first-order valence-electron chi connectivity index (χ1n) is 7.06. The monoisotopic (exact) mass is 290 g/mol. The fourth-order valence-electron chi connectivity index (χ4n) is 1.64. The van der Waals surface area contributed by atoms with Crippen molar-refractivity contribution in [3.8, 4) is 17.6 Å². The van der Waals surface area contributed by atoms with Gasteiger partial charge in [0, 0.05) is 12.1 Å². The molecule has 2 aromatic rings. The van der Waals surface area contributed by atoms with Gasteiger partial charge in [-0.25, -0.2) is 0 Å². The molecule has 0 amide bonds. The highest BCUT2D eigenvalue weighted by atomic mass is 16.6. The summed E-state index contributed by atoms with van der Waals surface area (Å²) in [5.41, 5.74) is 0.848. The molecule has 0 aliphatic rings. The lowest BCUT2D eigenvalue weighted by molar-refractivity contribution is 0.326. The second-order valence-corrected chi connectivity index (χ2v) is 5.71. The van der Waals surface area contributed by atoms with Crippen molar-refractivity contribution in [1.82, 2.24) is 10.3 Å². The highest BCUT2D eigenvalue weighted by molar-refractivity contribution is 5.32. The predicted molar refractivity (Wildman–Crippen MR) is 80.8 cm³/mol. The smallest absolute Gasteiger partial charge is 0.399 e. The van der Waals surface area contributed by atoms with Gasteiger partial charge in [0.25, 0.3) is 0 Å². The van der Waals surface area contributed by atoms with E-state index in [0.29, 0.717) is 18.9 Å². The summed E-state index contributed by atoms with van der Waals surface area (Å²) in [6.07, 6.45) is 1.84. The molecule has 0 fully saturated rings. The van der Waals surface area contributed by atoms with E-state index in [2.05, 4.69) is 31.1 Å². The van der Waals surface area contributed by atoms with E-state index in [1.807, 2.05) is 31.2 Å². The van der Waals surface area contributed by atoms with Gasteiger partial charge in [0.1, 0.15) is 17.8 Å². The van der Waals surface area contributed by atoms with E-state index in [9.17, 15) is 0 Å². The Morgan fingerprint density at radius 2 is 1.81 bits per heavy atom. The molecule has 114 valence electrons. The van der Waals surface area contributed by atoms with Crippen LogP contribution in [0.5, 0.6) is 17.6 Å². The first kappa shape index (κ1) is 15.4. The average molecular weight is 290 g/mol. The Labute approximate surface area is 125 Å². The largest absolute Gasteiger partial charge is 0.494 e. The van der Waals surface area contributed by atoms with Crippen LogP contribution in [0.4, 0.5) is 0 Å². The predicted octanol–water partition coefficient (Wildman–Crippen LogP) is 3.75. The molecule has 2 rings (SSSR count). The molecule has 0 aliphatic heterocycles. The maximum Gasteiger partial charge on any atom is 0.399 e. The van der Waals surface area contributed by atoms with Crippen LogP contribution >= 0.6 is 0 Å². The molecular formula is C16H22N2O3. The van der Waals surface area contributed by atoms with Crippen molar-refractivity contribution >= 4 is 0 Å². The van der Waals surface area contributed by atoms with E-state index in [4.69, 9.17) is 13.9 Å². The SMILES string of the molecule is CCOc1ccc(Oc2nc(CNC(C)(C)C)co2)cc1. The Morgan fingerprint density at radius 3 is 2.43 bits per heavy atom. The minimum atomic E-state index is 0.0368. The molecular weight excluding hydrogens is 268 g/mol. The average Bonchev–Trinajstić information content (AvgIpc) is 2.86. The highest BCUT2D eigenvalue weighted by Gasteiger charge is 2.11. The molecule has 0 saturated heterocycles. The first-order valence-corrected chi connectivity index (χ1v) is 7.06. The maximum absolute atomic E-state index is 5.56. The standard InChI is InChI=1S/C16H22N2O3/c1-5-19-13-6-8-14(9-7-13)21-15-18-12(11-20-15)10-17-16(2,3)4/h6-9,11,17H,5,10H2,1-4H3. The lowest BCUT2D eigenvalue weighted by Gasteiger charge is -2.19. The number of benzene rings is 1. The van der Waals surface area contributed by atoms with E-state index >= 15 is 0 Å². The summed E-state index contributed by atoms with van der Waals surface area (Å²) in [4.78, 5) is 4.28. The summed E-state index contributed by atoms with van der Waals surface area (Å²) in [6.45, 7) is 9.54. The lowest BCUT2D eigenvalue weighted by Crippen LogP contribution is -2.35. The van der Waals surface area contributed by atoms with Crippen molar-refractivity contribution in [1.29, 1.82) is 0 Å². The molecule has 0 bridgehead atoms. The summed E-state index contributed by atoms with van der Waals surface area (Å²) in [5, 5.41) is 3.34. The molecule has 1 aromatic heterocycles. The number of nitrogens with zero attached hydrogens (tertiary/aromatic N) is 1. The van der Waals surface area contributed by atoms with Gasteiger partial charge in [-0.1, -0.05) is 0 Å². The van der Waals surface area contributed by atoms with Gasteiger partial charge in [-0.05, 0) is 52.0 Å². The number of aromatic nitrogens is 1. The van der Waals surface area contributed by atoms with E-state index in [1.54, 1.807) is 6.26 Å². The molecule has 1 heterocycles. The number of nitrogens with one attached hydrogen (secondary N) is 1. The van der Waals surface area contributed by atoms with E-state index in [-0.39, 0.29) is 11.6 Å². The van der Waals surface area contributed by atoms with Gasteiger partial charge in [0.2, 0.25) is 0 Å². The van der Waals surface area contributed by atoms with Crippen molar-refractivity contribution < 1.29 is 13.9 Å². The van der Waals surface area contributed by atoms with Crippen molar-refractivity contribution in [3.63, 3.8) is 0 Å². The fourth-order valence-corrected chi connectivity index (χ4v) is 1.64. The quantitative estimate of drug-likeness (QED) is 0.878. The molecule has 0 radical (unpaired) electrons. The van der Waals surface area contributed by atoms with Crippen LogP contribution in [0.1, 0.15) is 33.4 Å². The zero-order valence-corrected chi connectivity index (χ0v) is 13.0. The topological polar surface area (TPSA) is 56.5 Å². The van der Waals surface area contributed by atoms with Gasteiger partial charge < -0.3 is 19.2 Å². The Bertz CT molecular complexity index is 556. The highest BCUT2D eigenvalue weighted by Crippen LogP contribution is 2.23. The Balaban J connectivity index is 1.92. The van der Waals surface area contributed by atoms with E-state index < -0.39 is 0 Å². The van der Waals surface area contributed by atoms with Gasteiger partial charge in [-0.2, -0.15) is 4.98 Å². The van der Waals surface area contributed by atoms with Gasteiger partial charge in [0.05, 0.1) is 12.3 Å². The third-order valence-electron chi connectivity index (χ3n) is 2.67. The molecule has 0 atom stereocenters. The normalized spacial score (nSPS) is 11.4. The minimum Gasteiger partial charge on any atom is -0.494 e. The van der Waals surface area contributed by atoms with Gasteiger partial charge in [-0.15, -0.1) is 0 Å². The third-order valence-corrected chi connectivity index (χ3v) is 2.67. The van der Waals surface area contributed by atoms with Crippen molar-refractivity contribution in [2.75, 3.05) is 6.61 Å². The zero-order valence-electron chi connectivity index (χ0n) is 13.0. The summed E-state index contributed by atoms with van der Waals surface area (Å²) >= 11 is 0. The zero-order chi connectivity index (χ0) is 15.3. The second-order valence-electron chi connectivity index (χ2n) is 5.71. The molecule has 0 spiro atoms. The molecule has 5 nitrogen and oxygen atoms in total. The fraction of sp³-hybridized carbons (Fsp3) is 0.438. The van der Waals surface area contributed by atoms with Crippen LogP contribution in [-0.4, -0.2) is 17.1 Å². The van der Waals surface area contributed by atoms with Gasteiger partial charge in [0.15, 0.2) is 0 Å². The van der Waals surface area contributed by atoms with Gasteiger partial charge >= 0.3 is 6.08 Å². The molecule has 0 unspecified atom stereocenters. The summed E-state index contributed by atoms with van der Waals surface area (Å²) < 4.78 is 16.2. The van der Waals surface area contributed by atoms with Crippen molar-refractivity contribution in [3.05, 3.63) is 36.2 Å². The molecule has 0 aliphatic carbocycles. The molecule has 1 aromatic carbocycles. The van der Waals surface area contributed by atoms with Gasteiger partial charge in [-0.3, -0.25) is 0 Å². The number of hydrogen-bond acceptors (Lipinski definition) is 5. The maximum atomic E-state index is 5.56. The van der Waals surface area contributed by atoms with Crippen LogP contribution in [0, 0.1) is 0 Å². The third kappa shape index (κ3) is 5.11. The number of ether oxygens (including phenoxy) is 2. The van der Waals surface area contributed by atoms with Crippen LogP contribution in [0.2, 0.25) is 0 Å². The molecule has 21 heavy (non-hydrogen) atoms. The Hall–Kier alpha value is -2.01. The van der Waals surface area contributed by atoms with Crippen molar-refractivity contribution in [2.45, 2.75) is 39.8 Å². The van der Waals surface area contributed by atoms with Crippen LogP contribution in [0.15, 0.2) is 34.9 Å². The second kappa shape index (κ2) is 6.63. The molecule has 0 saturated carbocycles. The van der Waals surface area contributed by atoms with Crippen LogP contribution in [0.25, 0.3) is 0 Å². The summed E-state index contributed by atoms with van der Waals surface area (Å²) in [6, 6.07) is 7.35. The molecule has 5 heteroatoms. The van der Waals surface area contributed by atoms with E-state index in [1.165, 1.54) is 0 Å². The number of hydrogen-bond donors (Lipinski definition) is 1. The Kier molecular flexibility index (Phi) is 4.85. The van der Waals surface area contributed by atoms with Crippen molar-refractivity contribution in [2.24, 2.45) is 0 Å².